The molecule has 3 nitrogen and oxygen atoms in total. The number of rotatable bonds is 5. The van der Waals surface area contributed by atoms with Gasteiger partial charge in [-0.1, -0.05) is 13.0 Å². The lowest BCUT2D eigenvalue weighted by Gasteiger charge is -2.37. The van der Waals surface area contributed by atoms with Crippen LogP contribution < -0.4 is 10.1 Å². The summed E-state index contributed by atoms with van der Waals surface area (Å²) in [5.41, 5.74) is 1.59. The molecule has 1 aromatic carbocycles. The molecule has 0 aliphatic carbocycles. The van der Waals surface area contributed by atoms with Crippen LogP contribution in [0.25, 0.3) is 0 Å². The Morgan fingerprint density at radius 2 is 2.10 bits per heavy atom. The third-order valence-electron chi connectivity index (χ3n) is 4.46. The summed E-state index contributed by atoms with van der Waals surface area (Å²) in [6.07, 6.45) is 3.74. The summed E-state index contributed by atoms with van der Waals surface area (Å²) < 4.78 is 12.3. The maximum atomic E-state index is 5.95. The Morgan fingerprint density at radius 3 is 2.71 bits per heavy atom. The van der Waals surface area contributed by atoms with Gasteiger partial charge in [-0.3, -0.25) is 0 Å². The van der Waals surface area contributed by atoms with E-state index in [0.717, 1.165) is 49.1 Å². The van der Waals surface area contributed by atoms with E-state index in [4.69, 9.17) is 9.47 Å². The topological polar surface area (TPSA) is 30.5 Å². The van der Waals surface area contributed by atoms with Crippen molar-refractivity contribution in [3.63, 3.8) is 0 Å². The van der Waals surface area contributed by atoms with Crippen molar-refractivity contribution >= 4 is 15.9 Å². The van der Waals surface area contributed by atoms with Gasteiger partial charge in [0, 0.05) is 5.41 Å². The van der Waals surface area contributed by atoms with E-state index in [1.54, 1.807) is 0 Å². The Hall–Kier alpha value is -0.580. The summed E-state index contributed by atoms with van der Waals surface area (Å²) in [5, 5.41) is 3.42. The molecule has 1 aromatic rings. The molecule has 0 saturated carbocycles. The Morgan fingerprint density at radius 1 is 1.33 bits per heavy atom. The fourth-order valence-electron chi connectivity index (χ4n) is 2.99. The molecule has 116 valence electrons. The first-order valence-corrected chi connectivity index (χ1v) is 8.64. The summed E-state index contributed by atoms with van der Waals surface area (Å²) >= 11 is 3.65. The van der Waals surface area contributed by atoms with Crippen molar-refractivity contribution in [1.29, 1.82) is 0 Å². The molecule has 4 heteroatoms. The van der Waals surface area contributed by atoms with Crippen LogP contribution >= 0.6 is 15.9 Å². The van der Waals surface area contributed by atoms with Crippen LogP contribution in [0, 0.1) is 11.3 Å². The molecule has 2 aliphatic heterocycles. The van der Waals surface area contributed by atoms with Gasteiger partial charge in [-0.2, -0.15) is 0 Å². The van der Waals surface area contributed by atoms with E-state index in [2.05, 4.69) is 46.4 Å². The Kier molecular flexibility index (Phi) is 4.87. The SMILES string of the molecule is CC1(COc2ccc(CC3CCNCC3)cc2Br)COC1. The molecule has 3 rings (SSSR count). The summed E-state index contributed by atoms with van der Waals surface area (Å²) in [4.78, 5) is 0. The van der Waals surface area contributed by atoms with E-state index < -0.39 is 0 Å². The predicted octanol–water partition coefficient (Wildman–Crippen LogP) is 3.41. The number of ether oxygens (including phenoxy) is 2. The van der Waals surface area contributed by atoms with Gasteiger partial charge in [0.1, 0.15) is 5.75 Å². The Labute approximate surface area is 135 Å². The minimum atomic E-state index is 0.188. The highest BCUT2D eigenvalue weighted by atomic mass is 79.9. The minimum absolute atomic E-state index is 0.188. The second-order valence-electron chi connectivity index (χ2n) is 6.75. The van der Waals surface area contributed by atoms with E-state index in [0.29, 0.717) is 0 Å². The van der Waals surface area contributed by atoms with Crippen LogP contribution in [-0.4, -0.2) is 32.9 Å². The first-order chi connectivity index (χ1) is 10.1. The monoisotopic (exact) mass is 353 g/mol. The smallest absolute Gasteiger partial charge is 0.133 e. The van der Waals surface area contributed by atoms with Gasteiger partial charge in [-0.15, -0.1) is 0 Å². The molecular formula is C17H24BrNO2. The largest absolute Gasteiger partial charge is 0.492 e. The van der Waals surface area contributed by atoms with Crippen LogP contribution in [-0.2, 0) is 11.2 Å². The summed E-state index contributed by atoms with van der Waals surface area (Å²) in [7, 11) is 0. The van der Waals surface area contributed by atoms with Crippen molar-refractivity contribution in [3.8, 4) is 5.75 Å². The maximum absolute atomic E-state index is 5.95. The number of piperidine rings is 1. The van der Waals surface area contributed by atoms with Crippen LogP contribution in [0.1, 0.15) is 25.3 Å². The normalized spacial score (nSPS) is 21.8. The molecule has 21 heavy (non-hydrogen) atoms. The fourth-order valence-corrected chi connectivity index (χ4v) is 3.53. The molecule has 0 amide bonds. The lowest BCUT2D eigenvalue weighted by molar-refractivity contribution is -0.120. The average molecular weight is 354 g/mol. The van der Waals surface area contributed by atoms with E-state index >= 15 is 0 Å². The van der Waals surface area contributed by atoms with Gasteiger partial charge < -0.3 is 14.8 Å². The van der Waals surface area contributed by atoms with Gasteiger partial charge in [-0.05, 0) is 71.9 Å². The van der Waals surface area contributed by atoms with Crippen LogP contribution in [0.5, 0.6) is 5.75 Å². The number of hydrogen-bond donors (Lipinski definition) is 1. The molecule has 2 heterocycles. The van der Waals surface area contributed by atoms with Gasteiger partial charge in [0.2, 0.25) is 0 Å². The summed E-state index contributed by atoms with van der Waals surface area (Å²) in [6.45, 7) is 6.85. The highest BCUT2D eigenvalue weighted by Crippen LogP contribution is 2.32. The predicted molar refractivity (Wildman–Crippen MR) is 87.9 cm³/mol. The molecule has 0 radical (unpaired) electrons. The first kappa shape index (κ1) is 15.3. The van der Waals surface area contributed by atoms with E-state index in [1.807, 2.05) is 0 Å². The van der Waals surface area contributed by atoms with Gasteiger partial charge in [-0.25, -0.2) is 0 Å². The molecular weight excluding hydrogens is 330 g/mol. The highest BCUT2D eigenvalue weighted by Gasteiger charge is 2.34. The maximum Gasteiger partial charge on any atom is 0.133 e. The lowest BCUT2D eigenvalue weighted by atomic mass is 9.90. The van der Waals surface area contributed by atoms with Crippen molar-refractivity contribution in [3.05, 3.63) is 28.2 Å². The van der Waals surface area contributed by atoms with Crippen molar-refractivity contribution in [2.24, 2.45) is 11.3 Å². The minimum Gasteiger partial charge on any atom is -0.492 e. The number of nitrogens with one attached hydrogen (secondary N) is 1. The van der Waals surface area contributed by atoms with E-state index in [1.165, 1.54) is 24.8 Å². The lowest BCUT2D eigenvalue weighted by Crippen LogP contribution is -2.44. The molecule has 2 saturated heterocycles. The molecule has 2 aliphatic rings. The second-order valence-corrected chi connectivity index (χ2v) is 7.61. The highest BCUT2D eigenvalue weighted by molar-refractivity contribution is 9.10. The Balaban J connectivity index is 1.56. The summed E-state index contributed by atoms with van der Waals surface area (Å²) in [6, 6.07) is 6.53. The van der Waals surface area contributed by atoms with Gasteiger partial charge in [0.05, 0.1) is 24.3 Å². The van der Waals surface area contributed by atoms with Gasteiger partial charge >= 0.3 is 0 Å². The van der Waals surface area contributed by atoms with E-state index in [9.17, 15) is 0 Å². The molecule has 0 aromatic heterocycles. The summed E-state index contributed by atoms with van der Waals surface area (Å²) in [5.74, 6) is 1.76. The van der Waals surface area contributed by atoms with Crippen molar-refractivity contribution in [2.75, 3.05) is 32.9 Å². The van der Waals surface area contributed by atoms with Crippen LogP contribution in [0.4, 0.5) is 0 Å². The van der Waals surface area contributed by atoms with Crippen molar-refractivity contribution < 1.29 is 9.47 Å². The van der Waals surface area contributed by atoms with Crippen molar-refractivity contribution in [1.82, 2.24) is 5.32 Å². The first-order valence-electron chi connectivity index (χ1n) is 7.84. The van der Waals surface area contributed by atoms with Crippen molar-refractivity contribution in [2.45, 2.75) is 26.2 Å². The number of halogens is 1. The molecule has 0 unspecified atom stereocenters. The number of hydrogen-bond acceptors (Lipinski definition) is 3. The molecule has 1 N–H and O–H groups in total. The zero-order chi connectivity index (χ0) is 14.7. The Bertz CT molecular complexity index is 482. The third kappa shape index (κ3) is 3.99. The van der Waals surface area contributed by atoms with E-state index in [-0.39, 0.29) is 5.41 Å². The fraction of sp³-hybridized carbons (Fsp3) is 0.647. The van der Waals surface area contributed by atoms with Crippen LogP contribution in [0.15, 0.2) is 22.7 Å². The molecule has 0 atom stereocenters. The molecule has 0 spiro atoms. The quantitative estimate of drug-likeness (QED) is 0.879. The number of benzene rings is 1. The third-order valence-corrected chi connectivity index (χ3v) is 5.08. The van der Waals surface area contributed by atoms with Crippen LogP contribution in [0.3, 0.4) is 0 Å². The van der Waals surface area contributed by atoms with Gasteiger partial charge in [0.15, 0.2) is 0 Å². The average Bonchev–Trinajstić information content (AvgIpc) is 2.45. The zero-order valence-electron chi connectivity index (χ0n) is 12.7. The zero-order valence-corrected chi connectivity index (χ0v) is 14.2. The standard InChI is InChI=1S/C17H24BrNO2/c1-17(10-20-11-17)12-21-16-3-2-14(9-15(16)18)8-13-4-6-19-7-5-13/h2-3,9,13,19H,4-8,10-12H2,1H3. The second kappa shape index (κ2) is 6.67. The molecule has 0 bridgehead atoms. The molecule has 2 fully saturated rings. The van der Waals surface area contributed by atoms with Gasteiger partial charge in [0.25, 0.3) is 0 Å². The van der Waals surface area contributed by atoms with Crippen LogP contribution in [0.2, 0.25) is 0 Å².